The van der Waals surface area contributed by atoms with Crippen molar-refractivity contribution in [3.8, 4) is 0 Å². The molecule has 0 heterocycles. The minimum absolute atomic E-state index is 0.0762. The number of carbonyl (C=O) groups excluding carboxylic acids is 2. The number of carbonyl (C=O) groups is 2. The highest BCUT2D eigenvalue weighted by molar-refractivity contribution is 5.76. The number of esters is 1. The number of ether oxygens (including phenoxy) is 1. The van der Waals surface area contributed by atoms with Crippen molar-refractivity contribution in [2.75, 3.05) is 19.7 Å². The lowest BCUT2D eigenvalue weighted by Crippen LogP contribution is -2.41. The fourth-order valence-corrected chi connectivity index (χ4v) is 1.74. The molecular weight excluding hydrogens is 256 g/mol. The van der Waals surface area contributed by atoms with Crippen LogP contribution in [0.3, 0.4) is 0 Å². The number of amides is 1. The zero-order valence-electron chi connectivity index (χ0n) is 13.4. The van der Waals surface area contributed by atoms with Crippen LogP contribution in [-0.2, 0) is 14.3 Å². The van der Waals surface area contributed by atoms with E-state index in [0.717, 1.165) is 25.8 Å². The van der Waals surface area contributed by atoms with Crippen molar-refractivity contribution in [2.24, 2.45) is 0 Å². The first-order valence-corrected chi connectivity index (χ1v) is 7.52. The number of hydrogen-bond donors (Lipinski definition) is 2. The van der Waals surface area contributed by atoms with Gasteiger partial charge in [-0.15, -0.1) is 0 Å². The molecule has 0 aromatic carbocycles. The predicted octanol–water partition coefficient (Wildman–Crippen LogP) is 2.00. The lowest BCUT2D eigenvalue weighted by atomic mass is 10.1. The van der Waals surface area contributed by atoms with Gasteiger partial charge in [-0.25, -0.2) is 0 Å². The minimum Gasteiger partial charge on any atom is -0.466 e. The molecule has 5 heteroatoms. The molecule has 20 heavy (non-hydrogen) atoms. The van der Waals surface area contributed by atoms with E-state index in [4.69, 9.17) is 4.74 Å². The monoisotopic (exact) mass is 286 g/mol. The van der Waals surface area contributed by atoms with Gasteiger partial charge in [-0.3, -0.25) is 9.59 Å². The summed E-state index contributed by atoms with van der Waals surface area (Å²) in [6, 6.07) is 0. The molecule has 2 N–H and O–H groups in total. The second-order valence-corrected chi connectivity index (χ2v) is 5.91. The molecule has 0 atom stereocenters. The van der Waals surface area contributed by atoms with Crippen molar-refractivity contribution < 1.29 is 14.3 Å². The molecule has 0 aliphatic rings. The van der Waals surface area contributed by atoms with Crippen molar-refractivity contribution in [1.82, 2.24) is 10.6 Å². The average molecular weight is 286 g/mol. The Morgan fingerprint density at radius 1 is 1.00 bits per heavy atom. The third-order valence-corrected chi connectivity index (χ3v) is 2.58. The molecule has 0 saturated heterocycles. The molecular formula is C15H30N2O3. The smallest absolute Gasteiger partial charge is 0.305 e. The highest BCUT2D eigenvalue weighted by Gasteiger charge is 2.12. The number of rotatable bonds is 10. The van der Waals surface area contributed by atoms with Gasteiger partial charge in [0.15, 0.2) is 0 Å². The van der Waals surface area contributed by atoms with E-state index < -0.39 is 0 Å². The highest BCUT2D eigenvalue weighted by atomic mass is 16.5. The van der Waals surface area contributed by atoms with Gasteiger partial charge in [0.1, 0.15) is 0 Å². The van der Waals surface area contributed by atoms with E-state index in [2.05, 4.69) is 10.6 Å². The molecule has 0 aliphatic carbocycles. The van der Waals surface area contributed by atoms with Crippen molar-refractivity contribution >= 4 is 11.9 Å². The van der Waals surface area contributed by atoms with E-state index >= 15 is 0 Å². The normalized spacial score (nSPS) is 11.2. The molecule has 0 unspecified atom stereocenters. The van der Waals surface area contributed by atoms with Crippen LogP contribution in [0.2, 0.25) is 0 Å². The summed E-state index contributed by atoms with van der Waals surface area (Å²) in [5.74, 6) is -0.0355. The number of unbranched alkanes of at least 4 members (excludes halogenated alkanes) is 2. The third kappa shape index (κ3) is 13.3. The summed E-state index contributed by atoms with van der Waals surface area (Å²) in [5, 5.41) is 6.16. The van der Waals surface area contributed by atoms with Crippen LogP contribution in [0.25, 0.3) is 0 Å². The maximum Gasteiger partial charge on any atom is 0.305 e. The van der Waals surface area contributed by atoms with E-state index in [1.165, 1.54) is 0 Å². The quantitative estimate of drug-likeness (QED) is 0.476. The van der Waals surface area contributed by atoms with Gasteiger partial charge in [-0.05, 0) is 47.1 Å². The zero-order valence-corrected chi connectivity index (χ0v) is 13.4. The second kappa shape index (κ2) is 10.7. The lowest BCUT2D eigenvalue weighted by molar-refractivity contribution is -0.143. The van der Waals surface area contributed by atoms with Gasteiger partial charge >= 0.3 is 5.97 Å². The van der Waals surface area contributed by atoms with Gasteiger partial charge in [0, 0.05) is 24.9 Å². The number of hydrogen-bond acceptors (Lipinski definition) is 4. The van der Waals surface area contributed by atoms with Crippen LogP contribution < -0.4 is 10.6 Å². The summed E-state index contributed by atoms with van der Waals surface area (Å²) in [6.07, 6.45) is 3.88. The summed E-state index contributed by atoms with van der Waals surface area (Å²) in [6.45, 7) is 9.77. The standard InChI is InChI=1S/C15H30N2O3/c1-5-20-14(19)9-7-6-8-11-16-12-10-13(18)17-15(2,3)4/h16H,5-12H2,1-4H3,(H,17,18). The molecule has 118 valence electrons. The summed E-state index contributed by atoms with van der Waals surface area (Å²) in [7, 11) is 0. The molecule has 0 radical (unpaired) electrons. The Kier molecular flexibility index (Phi) is 10.1. The van der Waals surface area contributed by atoms with Gasteiger partial charge in [0.25, 0.3) is 0 Å². The van der Waals surface area contributed by atoms with Gasteiger partial charge in [-0.1, -0.05) is 6.42 Å². The number of nitrogens with one attached hydrogen (secondary N) is 2. The van der Waals surface area contributed by atoms with E-state index in [1.54, 1.807) is 0 Å². The van der Waals surface area contributed by atoms with E-state index in [9.17, 15) is 9.59 Å². The largest absolute Gasteiger partial charge is 0.466 e. The van der Waals surface area contributed by atoms with Gasteiger partial charge in [0.2, 0.25) is 5.91 Å². The second-order valence-electron chi connectivity index (χ2n) is 5.91. The first-order valence-electron chi connectivity index (χ1n) is 7.52. The Labute approximate surface area is 122 Å². The van der Waals surface area contributed by atoms with Gasteiger partial charge in [-0.2, -0.15) is 0 Å². The fraction of sp³-hybridized carbons (Fsp3) is 0.867. The first-order chi connectivity index (χ1) is 9.35. The van der Waals surface area contributed by atoms with Crippen molar-refractivity contribution in [2.45, 2.75) is 65.3 Å². The van der Waals surface area contributed by atoms with Crippen LogP contribution in [0.4, 0.5) is 0 Å². The molecule has 0 bridgehead atoms. The van der Waals surface area contributed by atoms with E-state index in [0.29, 0.717) is 26.0 Å². The predicted molar refractivity (Wildman–Crippen MR) is 80.5 cm³/mol. The summed E-state index contributed by atoms with van der Waals surface area (Å²) >= 11 is 0. The van der Waals surface area contributed by atoms with E-state index in [-0.39, 0.29) is 17.4 Å². The minimum atomic E-state index is -0.163. The van der Waals surface area contributed by atoms with Crippen LogP contribution in [0.1, 0.15) is 59.8 Å². The zero-order chi connectivity index (χ0) is 15.4. The summed E-state index contributed by atoms with van der Waals surface area (Å²) in [4.78, 5) is 22.6. The molecule has 1 amide bonds. The Morgan fingerprint density at radius 3 is 2.30 bits per heavy atom. The maximum atomic E-state index is 11.5. The first kappa shape index (κ1) is 18.9. The highest BCUT2D eigenvalue weighted by Crippen LogP contribution is 2.01. The topological polar surface area (TPSA) is 67.4 Å². The molecule has 0 aromatic heterocycles. The Balaban J connectivity index is 3.33. The average Bonchev–Trinajstić information content (AvgIpc) is 2.30. The Hall–Kier alpha value is -1.10. The van der Waals surface area contributed by atoms with Crippen LogP contribution in [-0.4, -0.2) is 37.1 Å². The van der Waals surface area contributed by atoms with Crippen molar-refractivity contribution in [3.05, 3.63) is 0 Å². The Bertz CT molecular complexity index is 285. The molecule has 0 spiro atoms. The molecule has 0 fully saturated rings. The Morgan fingerprint density at radius 2 is 1.70 bits per heavy atom. The van der Waals surface area contributed by atoms with Crippen LogP contribution in [0, 0.1) is 0 Å². The molecule has 5 nitrogen and oxygen atoms in total. The maximum absolute atomic E-state index is 11.5. The lowest BCUT2D eigenvalue weighted by Gasteiger charge is -2.20. The van der Waals surface area contributed by atoms with Gasteiger partial charge < -0.3 is 15.4 Å². The van der Waals surface area contributed by atoms with Gasteiger partial charge in [0.05, 0.1) is 6.61 Å². The van der Waals surface area contributed by atoms with Crippen LogP contribution >= 0.6 is 0 Å². The summed E-state index contributed by atoms with van der Waals surface area (Å²) in [5.41, 5.74) is -0.163. The molecule has 0 aromatic rings. The summed E-state index contributed by atoms with van der Waals surface area (Å²) < 4.78 is 4.85. The third-order valence-electron chi connectivity index (χ3n) is 2.58. The fourth-order valence-electron chi connectivity index (χ4n) is 1.74. The molecule has 0 saturated carbocycles. The van der Waals surface area contributed by atoms with E-state index in [1.807, 2.05) is 27.7 Å². The van der Waals surface area contributed by atoms with Crippen molar-refractivity contribution in [3.63, 3.8) is 0 Å². The SMILES string of the molecule is CCOC(=O)CCCCCNCCC(=O)NC(C)(C)C. The van der Waals surface area contributed by atoms with Crippen LogP contribution in [0.5, 0.6) is 0 Å². The van der Waals surface area contributed by atoms with Crippen molar-refractivity contribution in [1.29, 1.82) is 0 Å². The molecule has 0 rings (SSSR count). The van der Waals surface area contributed by atoms with Crippen LogP contribution in [0.15, 0.2) is 0 Å². The molecule has 0 aliphatic heterocycles.